The fraction of sp³-hybridized carbons (Fsp3) is 0.350. The summed E-state index contributed by atoms with van der Waals surface area (Å²) in [5.41, 5.74) is 4.01. The van der Waals surface area contributed by atoms with Crippen LogP contribution in [0.15, 0.2) is 36.4 Å². The van der Waals surface area contributed by atoms with Gasteiger partial charge in [0.15, 0.2) is 0 Å². The molecule has 0 saturated heterocycles. The van der Waals surface area contributed by atoms with Gasteiger partial charge in [0.25, 0.3) is 0 Å². The molecule has 0 aliphatic carbocycles. The highest BCUT2D eigenvalue weighted by atomic mass is 35.5. The van der Waals surface area contributed by atoms with E-state index < -0.39 is 0 Å². The maximum absolute atomic E-state index is 13.7. The molecule has 2 aromatic carbocycles. The Hall–Kier alpha value is -1.52. The lowest BCUT2D eigenvalue weighted by atomic mass is 9.99. The van der Waals surface area contributed by atoms with Crippen molar-refractivity contribution in [1.82, 2.24) is 5.32 Å². The molecule has 134 valence electrons. The molecule has 0 aliphatic rings. The molecule has 5 heteroatoms. The Bertz CT molecular complexity index is 730. The number of carbonyl (C=O) groups is 1. The predicted octanol–water partition coefficient (Wildman–Crippen LogP) is 5.60. The van der Waals surface area contributed by atoms with Crippen LogP contribution in [0.5, 0.6) is 0 Å². The van der Waals surface area contributed by atoms with Crippen LogP contribution in [0.1, 0.15) is 41.6 Å². The summed E-state index contributed by atoms with van der Waals surface area (Å²) < 4.78 is 13.7. The third-order valence-corrected chi connectivity index (χ3v) is 5.53. The van der Waals surface area contributed by atoms with Gasteiger partial charge in [-0.25, -0.2) is 4.39 Å². The van der Waals surface area contributed by atoms with E-state index in [-0.39, 0.29) is 23.5 Å². The maximum atomic E-state index is 13.7. The molecule has 0 heterocycles. The first-order valence-corrected chi connectivity index (χ1v) is 9.82. The second kappa shape index (κ2) is 9.25. The fourth-order valence-corrected chi connectivity index (χ4v) is 3.73. The molecule has 2 rings (SSSR count). The second-order valence-corrected chi connectivity index (χ2v) is 7.46. The molecule has 0 aliphatic heterocycles. The van der Waals surface area contributed by atoms with Gasteiger partial charge in [0.05, 0.1) is 11.8 Å². The molecule has 1 unspecified atom stereocenters. The highest BCUT2D eigenvalue weighted by Gasteiger charge is 2.14. The van der Waals surface area contributed by atoms with Gasteiger partial charge in [-0.05, 0) is 49.1 Å². The molecule has 1 N–H and O–H groups in total. The molecule has 0 aromatic heterocycles. The number of amides is 1. The summed E-state index contributed by atoms with van der Waals surface area (Å²) in [6.07, 6.45) is 0.818. The van der Waals surface area contributed by atoms with Gasteiger partial charge in [-0.2, -0.15) is 0 Å². The Morgan fingerprint density at radius 3 is 2.64 bits per heavy atom. The van der Waals surface area contributed by atoms with E-state index in [2.05, 4.69) is 37.4 Å². The zero-order valence-electron chi connectivity index (χ0n) is 14.7. The SMILES string of the molecule is CCC(NC(=O)CSCc1c(F)cccc1Cl)c1ccc(C)c(C)c1. The lowest BCUT2D eigenvalue weighted by Crippen LogP contribution is -2.29. The summed E-state index contributed by atoms with van der Waals surface area (Å²) in [6, 6.07) is 10.9. The summed E-state index contributed by atoms with van der Waals surface area (Å²) in [7, 11) is 0. The van der Waals surface area contributed by atoms with E-state index in [1.54, 1.807) is 12.1 Å². The van der Waals surface area contributed by atoms with Crippen LogP contribution in [0.2, 0.25) is 5.02 Å². The summed E-state index contributed by atoms with van der Waals surface area (Å²) >= 11 is 7.36. The van der Waals surface area contributed by atoms with Crippen LogP contribution < -0.4 is 5.32 Å². The molecule has 0 saturated carbocycles. The molecule has 25 heavy (non-hydrogen) atoms. The second-order valence-electron chi connectivity index (χ2n) is 6.07. The van der Waals surface area contributed by atoms with E-state index in [1.165, 1.54) is 29.0 Å². The van der Waals surface area contributed by atoms with Crippen molar-refractivity contribution in [3.05, 3.63) is 69.5 Å². The first kappa shape index (κ1) is 19.8. The Labute approximate surface area is 158 Å². The third-order valence-electron chi connectivity index (χ3n) is 4.22. The van der Waals surface area contributed by atoms with E-state index >= 15 is 0 Å². The fourth-order valence-electron chi connectivity index (χ4n) is 2.55. The lowest BCUT2D eigenvalue weighted by molar-refractivity contribution is -0.119. The Kier molecular flexibility index (Phi) is 7.33. The van der Waals surface area contributed by atoms with Crippen molar-refractivity contribution in [3.63, 3.8) is 0 Å². The molecule has 2 aromatic rings. The van der Waals surface area contributed by atoms with Gasteiger partial charge >= 0.3 is 0 Å². The quantitative estimate of drug-likeness (QED) is 0.678. The first-order chi connectivity index (χ1) is 11.9. The van der Waals surface area contributed by atoms with Crippen molar-refractivity contribution in [1.29, 1.82) is 0 Å². The minimum Gasteiger partial charge on any atom is -0.349 e. The van der Waals surface area contributed by atoms with Crippen LogP contribution in [0.25, 0.3) is 0 Å². The standard InChI is InChI=1S/C20H23ClFNOS/c1-4-19(15-9-8-13(2)14(3)10-15)23-20(24)12-25-11-16-17(21)6-5-7-18(16)22/h5-10,19H,4,11-12H2,1-3H3,(H,23,24). The molecular formula is C20H23ClFNOS. The van der Waals surface area contributed by atoms with E-state index in [9.17, 15) is 9.18 Å². The molecule has 2 nitrogen and oxygen atoms in total. The van der Waals surface area contributed by atoms with Gasteiger partial charge in [0, 0.05) is 16.3 Å². The number of hydrogen-bond donors (Lipinski definition) is 1. The van der Waals surface area contributed by atoms with E-state index in [0.29, 0.717) is 16.3 Å². The number of carbonyl (C=O) groups excluding carboxylic acids is 1. The van der Waals surface area contributed by atoms with Crippen molar-refractivity contribution < 1.29 is 9.18 Å². The van der Waals surface area contributed by atoms with Crippen molar-refractivity contribution >= 4 is 29.3 Å². The van der Waals surface area contributed by atoms with Gasteiger partial charge in [-0.3, -0.25) is 4.79 Å². The zero-order valence-corrected chi connectivity index (χ0v) is 16.3. The van der Waals surface area contributed by atoms with Gasteiger partial charge in [0.1, 0.15) is 5.82 Å². The number of thioether (sulfide) groups is 1. The summed E-state index contributed by atoms with van der Waals surface area (Å²) in [5, 5.41) is 3.46. The average molecular weight is 380 g/mol. The van der Waals surface area contributed by atoms with Gasteiger partial charge in [-0.15, -0.1) is 11.8 Å². The number of nitrogens with one attached hydrogen (secondary N) is 1. The van der Waals surface area contributed by atoms with Crippen molar-refractivity contribution in [3.8, 4) is 0 Å². The van der Waals surface area contributed by atoms with E-state index in [4.69, 9.17) is 11.6 Å². The maximum Gasteiger partial charge on any atom is 0.230 e. The number of benzene rings is 2. The minimum atomic E-state index is -0.332. The Balaban J connectivity index is 1.91. The van der Waals surface area contributed by atoms with E-state index in [1.807, 2.05) is 6.92 Å². The molecule has 1 atom stereocenters. The minimum absolute atomic E-state index is 0.00977. The van der Waals surface area contributed by atoms with Gasteiger partial charge in [-0.1, -0.05) is 42.8 Å². The van der Waals surface area contributed by atoms with Crippen LogP contribution in [0.3, 0.4) is 0 Å². The lowest BCUT2D eigenvalue weighted by Gasteiger charge is -2.18. The van der Waals surface area contributed by atoms with Crippen LogP contribution >= 0.6 is 23.4 Å². The predicted molar refractivity (Wildman–Crippen MR) is 105 cm³/mol. The Morgan fingerprint density at radius 2 is 2.00 bits per heavy atom. The normalized spacial score (nSPS) is 12.0. The molecule has 0 fully saturated rings. The van der Waals surface area contributed by atoms with Crippen LogP contribution in [-0.4, -0.2) is 11.7 Å². The average Bonchev–Trinajstić information content (AvgIpc) is 2.58. The van der Waals surface area contributed by atoms with Gasteiger partial charge in [0.2, 0.25) is 5.91 Å². The topological polar surface area (TPSA) is 29.1 Å². The number of halogens is 2. The van der Waals surface area contributed by atoms with E-state index in [0.717, 1.165) is 12.0 Å². The van der Waals surface area contributed by atoms with Crippen molar-refractivity contribution in [2.75, 3.05) is 5.75 Å². The molecular weight excluding hydrogens is 357 g/mol. The number of hydrogen-bond acceptors (Lipinski definition) is 2. The molecule has 0 bridgehead atoms. The number of aryl methyl sites for hydroxylation is 2. The van der Waals surface area contributed by atoms with Crippen LogP contribution in [0, 0.1) is 19.7 Å². The molecule has 0 radical (unpaired) electrons. The molecule has 1 amide bonds. The monoisotopic (exact) mass is 379 g/mol. The third kappa shape index (κ3) is 5.48. The largest absolute Gasteiger partial charge is 0.349 e. The van der Waals surface area contributed by atoms with Crippen LogP contribution in [0.4, 0.5) is 4.39 Å². The first-order valence-electron chi connectivity index (χ1n) is 8.29. The smallest absolute Gasteiger partial charge is 0.230 e. The summed E-state index contributed by atoms with van der Waals surface area (Å²) in [4.78, 5) is 12.2. The van der Waals surface area contributed by atoms with Gasteiger partial charge < -0.3 is 5.32 Å². The van der Waals surface area contributed by atoms with Crippen LogP contribution in [-0.2, 0) is 10.5 Å². The summed E-state index contributed by atoms with van der Waals surface area (Å²) in [6.45, 7) is 6.19. The number of rotatable bonds is 7. The highest BCUT2D eigenvalue weighted by Crippen LogP contribution is 2.24. The Morgan fingerprint density at radius 1 is 1.24 bits per heavy atom. The van der Waals surface area contributed by atoms with Crippen molar-refractivity contribution in [2.24, 2.45) is 0 Å². The zero-order chi connectivity index (χ0) is 18.4. The highest BCUT2D eigenvalue weighted by molar-refractivity contribution is 7.99. The molecule has 0 spiro atoms. The van der Waals surface area contributed by atoms with Crippen molar-refractivity contribution in [2.45, 2.75) is 39.0 Å². The summed E-state index contributed by atoms with van der Waals surface area (Å²) in [5.74, 6) is 0.260.